The van der Waals surface area contributed by atoms with Crippen molar-refractivity contribution in [1.29, 1.82) is 0 Å². The predicted molar refractivity (Wildman–Crippen MR) is 113 cm³/mol. The molecular formula is C21H19BrN2O4. The van der Waals surface area contributed by atoms with Gasteiger partial charge in [-0.3, -0.25) is 14.9 Å². The molecule has 0 atom stereocenters. The fourth-order valence-corrected chi connectivity index (χ4v) is 3.50. The van der Waals surface area contributed by atoms with Crippen molar-refractivity contribution < 1.29 is 14.5 Å². The smallest absolute Gasteiger partial charge is 0.293 e. The van der Waals surface area contributed by atoms with Crippen LogP contribution in [0.4, 0.5) is 11.4 Å². The second-order valence-corrected chi connectivity index (χ2v) is 7.46. The normalized spacial score (nSPS) is 10.7. The summed E-state index contributed by atoms with van der Waals surface area (Å²) in [7, 11) is 1.55. The van der Waals surface area contributed by atoms with Gasteiger partial charge in [-0.15, -0.1) is 0 Å². The molecule has 0 saturated heterocycles. The Bertz CT molecular complexity index is 1100. The summed E-state index contributed by atoms with van der Waals surface area (Å²) in [6, 6.07) is 12.6. The van der Waals surface area contributed by atoms with Gasteiger partial charge in [-0.25, -0.2) is 0 Å². The van der Waals surface area contributed by atoms with Crippen LogP contribution in [0, 0.1) is 24.0 Å². The predicted octanol–water partition coefficient (Wildman–Crippen LogP) is 5.32. The van der Waals surface area contributed by atoms with Crippen molar-refractivity contribution in [3.8, 4) is 5.75 Å². The molecule has 0 saturated carbocycles. The van der Waals surface area contributed by atoms with E-state index in [0.717, 1.165) is 31.9 Å². The molecule has 0 aliphatic heterocycles. The van der Waals surface area contributed by atoms with Crippen LogP contribution in [0.5, 0.6) is 5.75 Å². The minimum absolute atomic E-state index is 0.0340. The molecule has 0 radical (unpaired) electrons. The van der Waals surface area contributed by atoms with Gasteiger partial charge in [0.1, 0.15) is 11.4 Å². The number of anilines is 1. The monoisotopic (exact) mass is 442 g/mol. The van der Waals surface area contributed by atoms with Crippen LogP contribution in [0.3, 0.4) is 0 Å². The summed E-state index contributed by atoms with van der Waals surface area (Å²) in [4.78, 5) is 23.6. The number of benzene rings is 3. The number of fused-ring (bicyclic) bond motifs is 1. The standard InChI is InChI=1S/C21H19BrN2O4/c1-12-8-18(19(24(26)27)9-13(12)2)23-21(25)11-17-16-6-5-15(22)10-14(16)4-7-20(17)28-3/h4-10H,11H2,1-3H3,(H,23,25). The van der Waals surface area contributed by atoms with Crippen LogP contribution in [0.1, 0.15) is 16.7 Å². The molecular weight excluding hydrogens is 424 g/mol. The van der Waals surface area contributed by atoms with Crippen LogP contribution < -0.4 is 10.1 Å². The molecule has 3 aromatic carbocycles. The summed E-state index contributed by atoms with van der Waals surface area (Å²) in [6.07, 6.45) is 0.0340. The molecule has 1 N–H and O–H groups in total. The van der Waals surface area contributed by atoms with Gasteiger partial charge >= 0.3 is 0 Å². The van der Waals surface area contributed by atoms with E-state index in [1.54, 1.807) is 20.1 Å². The van der Waals surface area contributed by atoms with Gasteiger partial charge in [-0.05, 0) is 60.0 Å². The molecule has 1 amide bonds. The summed E-state index contributed by atoms with van der Waals surface area (Å²) >= 11 is 3.45. The lowest BCUT2D eigenvalue weighted by Gasteiger charge is -2.13. The number of carbonyl (C=O) groups excluding carboxylic acids is 1. The summed E-state index contributed by atoms with van der Waals surface area (Å²) < 4.78 is 6.37. The van der Waals surface area contributed by atoms with Crippen molar-refractivity contribution in [2.45, 2.75) is 20.3 Å². The highest BCUT2D eigenvalue weighted by atomic mass is 79.9. The Morgan fingerprint density at radius 2 is 1.86 bits per heavy atom. The minimum Gasteiger partial charge on any atom is -0.496 e. The van der Waals surface area contributed by atoms with E-state index in [0.29, 0.717) is 5.75 Å². The van der Waals surface area contributed by atoms with E-state index < -0.39 is 4.92 Å². The summed E-state index contributed by atoms with van der Waals surface area (Å²) in [5.74, 6) is 0.250. The number of methoxy groups -OCH3 is 1. The third kappa shape index (κ3) is 3.99. The zero-order valence-electron chi connectivity index (χ0n) is 15.7. The number of hydrogen-bond acceptors (Lipinski definition) is 4. The fraction of sp³-hybridized carbons (Fsp3) is 0.190. The Hall–Kier alpha value is -2.93. The second kappa shape index (κ2) is 7.98. The van der Waals surface area contributed by atoms with E-state index in [2.05, 4.69) is 21.2 Å². The third-order valence-corrected chi connectivity index (χ3v) is 5.18. The number of rotatable bonds is 5. The number of amides is 1. The van der Waals surface area contributed by atoms with E-state index in [-0.39, 0.29) is 23.7 Å². The lowest BCUT2D eigenvalue weighted by molar-refractivity contribution is -0.384. The van der Waals surface area contributed by atoms with Crippen molar-refractivity contribution in [1.82, 2.24) is 0 Å². The van der Waals surface area contributed by atoms with Crippen LogP contribution in [0.2, 0.25) is 0 Å². The van der Waals surface area contributed by atoms with Crippen molar-refractivity contribution in [3.63, 3.8) is 0 Å². The topological polar surface area (TPSA) is 81.5 Å². The van der Waals surface area contributed by atoms with Gasteiger partial charge in [0.15, 0.2) is 0 Å². The molecule has 3 aromatic rings. The van der Waals surface area contributed by atoms with Crippen LogP contribution in [0.25, 0.3) is 10.8 Å². The fourth-order valence-electron chi connectivity index (χ4n) is 3.13. The number of nitrogens with zero attached hydrogens (tertiary/aromatic N) is 1. The Kier molecular flexibility index (Phi) is 5.65. The minimum atomic E-state index is -0.488. The molecule has 6 nitrogen and oxygen atoms in total. The molecule has 7 heteroatoms. The van der Waals surface area contributed by atoms with Crippen LogP contribution in [-0.2, 0) is 11.2 Å². The summed E-state index contributed by atoms with van der Waals surface area (Å²) in [5, 5.41) is 15.9. The van der Waals surface area contributed by atoms with Crippen LogP contribution >= 0.6 is 15.9 Å². The zero-order chi connectivity index (χ0) is 20.4. The highest BCUT2D eigenvalue weighted by Crippen LogP contribution is 2.32. The average molecular weight is 443 g/mol. The van der Waals surface area contributed by atoms with Gasteiger partial charge in [0.05, 0.1) is 18.5 Å². The van der Waals surface area contributed by atoms with Crippen LogP contribution in [-0.4, -0.2) is 17.9 Å². The van der Waals surface area contributed by atoms with Gasteiger partial charge in [-0.2, -0.15) is 0 Å². The first-order chi connectivity index (χ1) is 13.3. The van der Waals surface area contributed by atoms with Crippen molar-refractivity contribution >= 4 is 44.0 Å². The molecule has 3 rings (SSSR count). The SMILES string of the molecule is COc1ccc2cc(Br)ccc2c1CC(=O)Nc1cc(C)c(C)cc1[N+](=O)[O-]. The number of nitro groups is 1. The van der Waals surface area contributed by atoms with Gasteiger partial charge in [0, 0.05) is 16.1 Å². The molecule has 0 aromatic heterocycles. The van der Waals surface area contributed by atoms with Crippen LogP contribution in [0.15, 0.2) is 46.9 Å². The number of hydrogen-bond donors (Lipinski definition) is 1. The molecule has 0 aliphatic carbocycles. The first-order valence-electron chi connectivity index (χ1n) is 8.60. The third-order valence-electron chi connectivity index (χ3n) is 4.69. The van der Waals surface area contributed by atoms with Crippen molar-refractivity contribution in [3.05, 3.63) is 73.7 Å². The summed E-state index contributed by atoms with van der Waals surface area (Å²) in [6.45, 7) is 3.65. The number of ether oxygens (including phenoxy) is 1. The van der Waals surface area contributed by atoms with E-state index in [4.69, 9.17) is 4.74 Å². The van der Waals surface area contributed by atoms with Gasteiger partial charge in [0.25, 0.3) is 5.69 Å². The van der Waals surface area contributed by atoms with E-state index in [1.165, 1.54) is 6.07 Å². The van der Waals surface area contributed by atoms with Gasteiger partial charge in [-0.1, -0.05) is 28.1 Å². The summed E-state index contributed by atoms with van der Waals surface area (Å²) in [5.41, 5.74) is 2.47. The Morgan fingerprint density at radius 3 is 2.54 bits per heavy atom. The highest BCUT2D eigenvalue weighted by Gasteiger charge is 2.19. The van der Waals surface area contributed by atoms with Crippen molar-refractivity contribution in [2.24, 2.45) is 0 Å². The Balaban J connectivity index is 1.96. The molecule has 0 aliphatic rings. The second-order valence-electron chi connectivity index (χ2n) is 6.55. The number of halogens is 1. The van der Waals surface area contributed by atoms with Gasteiger partial charge in [0.2, 0.25) is 5.91 Å². The maximum Gasteiger partial charge on any atom is 0.293 e. The molecule has 0 fully saturated rings. The zero-order valence-corrected chi connectivity index (χ0v) is 17.3. The quantitative estimate of drug-likeness (QED) is 0.428. The number of nitrogens with one attached hydrogen (secondary N) is 1. The lowest BCUT2D eigenvalue weighted by Crippen LogP contribution is -2.16. The molecule has 0 bridgehead atoms. The molecule has 28 heavy (non-hydrogen) atoms. The van der Waals surface area contributed by atoms with E-state index in [1.807, 2.05) is 37.3 Å². The molecule has 144 valence electrons. The largest absolute Gasteiger partial charge is 0.496 e. The molecule has 0 unspecified atom stereocenters. The van der Waals surface area contributed by atoms with E-state index in [9.17, 15) is 14.9 Å². The first-order valence-corrected chi connectivity index (χ1v) is 9.40. The Labute approximate surface area is 170 Å². The first kappa shape index (κ1) is 19.8. The number of carbonyl (C=O) groups is 1. The number of nitro benzene ring substituents is 1. The van der Waals surface area contributed by atoms with E-state index >= 15 is 0 Å². The molecule has 0 heterocycles. The Morgan fingerprint density at radius 1 is 1.14 bits per heavy atom. The maximum absolute atomic E-state index is 12.7. The van der Waals surface area contributed by atoms with Gasteiger partial charge < -0.3 is 10.1 Å². The van der Waals surface area contributed by atoms with Crippen molar-refractivity contribution in [2.75, 3.05) is 12.4 Å². The molecule has 0 spiro atoms. The lowest BCUT2D eigenvalue weighted by atomic mass is 10.0. The number of aryl methyl sites for hydroxylation is 2. The average Bonchev–Trinajstić information content (AvgIpc) is 2.64. The highest BCUT2D eigenvalue weighted by molar-refractivity contribution is 9.10. The maximum atomic E-state index is 12.7.